The van der Waals surface area contributed by atoms with Crippen LogP contribution in [0.3, 0.4) is 0 Å². The lowest BCUT2D eigenvalue weighted by atomic mass is 9.78. The second-order valence-electron chi connectivity index (χ2n) is 7.54. The number of nitro groups is 1. The Morgan fingerprint density at radius 1 is 1.24 bits per heavy atom. The van der Waals surface area contributed by atoms with Crippen molar-refractivity contribution in [2.75, 3.05) is 19.7 Å². The van der Waals surface area contributed by atoms with Crippen molar-refractivity contribution in [3.8, 4) is 0 Å². The molecule has 1 fully saturated rings. The van der Waals surface area contributed by atoms with Crippen LogP contribution < -0.4 is 0 Å². The van der Waals surface area contributed by atoms with Crippen molar-refractivity contribution >= 4 is 11.8 Å². The number of likely N-dealkylation sites (tertiary alicyclic amines) is 1. The number of nitrogens with zero attached hydrogens (tertiary/aromatic N) is 4. The van der Waals surface area contributed by atoms with Crippen molar-refractivity contribution in [1.29, 1.82) is 0 Å². The zero-order valence-corrected chi connectivity index (χ0v) is 16.4. The molecule has 0 radical (unpaired) electrons. The van der Waals surface area contributed by atoms with Crippen LogP contribution in [-0.2, 0) is 17.6 Å². The Labute approximate surface area is 169 Å². The van der Waals surface area contributed by atoms with E-state index in [9.17, 15) is 14.9 Å². The predicted octanol–water partition coefficient (Wildman–Crippen LogP) is 3.48. The number of piperidine rings is 1. The van der Waals surface area contributed by atoms with Crippen LogP contribution >= 0.6 is 0 Å². The fourth-order valence-electron chi connectivity index (χ4n) is 4.51. The molecule has 29 heavy (non-hydrogen) atoms. The summed E-state index contributed by atoms with van der Waals surface area (Å²) in [5, 5.41) is 11.2. The fourth-order valence-corrected chi connectivity index (χ4v) is 4.51. The van der Waals surface area contributed by atoms with E-state index in [1.165, 1.54) is 11.8 Å². The van der Waals surface area contributed by atoms with Crippen LogP contribution in [-0.4, -0.2) is 45.6 Å². The fraction of sp³-hybridized carbons (Fsp3) is 0.476. The number of aryl methyl sites for hydroxylation is 2. The predicted molar refractivity (Wildman–Crippen MR) is 106 cm³/mol. The minimum Gasteiger partial charge on any atom is -0.450 e. The minimum absolute atomic E-state index is 0.0196. The van der Waals surface area contributed by atoms with E-state index in [0.29, 0.717) is 26.1 Å². The van der Waals surface area contributed by atoms with Crippen molar-refractivity contribution in [3.63, 3.8) is 0 Å². The molecule has 1 unspecified atom stereocenters. The van der Waals surface area contributed by atoms with Gasteiger partial charge in [-0.2, -0.15) is 0 Å². The highest BCUT2D eigenvalue weighted by Gasteiger charge is 2.36. The van der Waals surface area contributed by atoms with Gasteiger partial charge in [0.25, 0.3) is 5.69 Å². The second kappa shape index (κ2) is 8.14. The maximum Gasteiger partial charge on any atom is 0.409 e. The van der Waals surface area contributed by atoms with Gasteiger partial charge >= 0.3 is 6.09 Å². The SMILES string of the molecule is CCOC(=O)N1CCC(C2c3ncccc3CCc3cc([N+](=O)[O-])cnc32)CC1. The Balaban J connectivity index is 1.67. The van der Waals surface area contributed by atoms with Crippen molar-refractivity contribution in [2.24, 2.45) is 5.92 Å². The first-order chi connectivity index (χ1) is 14.1. The van der Waals surface area contributed by atoms with E-state index in [0.717, 1.165) is 36.2 Å². The molecule has 8 nitrogen and oxygen atoms in total. The van der Waals surface area contributed by atoms with E-state index in [4.69, 9.17) is 9.72 Å². The number of pyridine rings is 2. The summed E-state index contributed by atoms with van der Waals surface area (Å²) in [6, 6.07) is 5.68. The number of carbonyl (C=O) groups excluding carboxylic acids is 1. The molecule has 0 aromatic carbocycles. The number of hydrogen-bond acceptors (Lipinski definition) is 6. The Kier molecular flexibility index (Phi) is 5.42. The van der Waals surface area contributed by atoms with E-state index in [1.807, 2.05) is 6.07 Å². The normalized spacial score (nSPS) is 19.1. The standard InChI is InChI=1S/C21H24N4O4/c1-2-29-21(26)24-10-7-14(8-11-24)18-19-15(4-3-9-22-19)5-6-16-12-17(25(27)28)13-23-20(16)18/h3-4,9,12-14,18H,2,5-8,10-11H2,1H3. The van der Waals surface area contributed by atoms with E-state index in [1.54, 1.807) is 24.1 Å². The molecule has 0 N–H and O–H groups in total. The van der Waals surface area contributed by atoms with Crippen molar-refractivity contribution < 1.29 is 14.5 Å². The molecular formula is C21H24N4O4. The maximum absolute atomic E-state index is 12.0. The molecule has 2 aromatic rings. The third-order valence-corrected chi connectivity index (χ3v) is 5.91. The lowest BCUT2D eigenvalue weighted by Gasteiger charge is -2.35. The number of fused-ring (bicyclic) bond motifs is 2. The lowest BCUT2D eigenvalue weighted by molar-refractivity contribution is -0.385. The van der Waals surface area contributed by atoms with Crippen LogP contribution in [0.25, 0.3) is 0 Å². The van der Waals surface area contributed by atoms with Crippen LogP contribution in [0.2, 0.25) is 0 Å². The molecule has 0 saturated carbocycles. The van der Waals surface area contributed by atoms with Crippen molar-refractivity contribution in [2.45, 2.75) is 38.5 Å². The molecule has 152 valence electrons. The Morgan fingerprint density at radius 2 is 1.97 bits per heavy atom. The highest BCUT2D eigenvalue weighted by molar-refractivity contribution is 5.67. The van der Waals surface area contributed by atoms with Crippen LogP contribution in [0.5, 0.6) is 0 Å². The monoisotopic (exact) mass is 396 g/mol. The topological polar surface area (TPSA) is 98.5 Å². The van der Waals surface area contributed by atoms with E-state index < -0.39 is 4.92 Å². The van der Waals surface area contributed by atoms with Gasteiger partial charge in [0.1, 0.15) is 6.20 Å². The molecule has 0 spiro atoms. The molecular weight excluding hydrogens is 372 g/mol. The molecule has 4 rings (SSSR count). The van der Waals surface area contributed by atoms with Gasteiger partial charge in [-0.3, -0.25) is 20.1 Å². The molecule has 2 aromatic heterocycles. The summed E-state index contributed by atoms with van der Waals surface area (Å²) in [6.07, 6.45) is 6.02. The molecule has 1 aliphatic heterocycles. The van der Waals surface area contributed by atoms with Crippen LogP contribution in [0, 0.1) is 16.0 Å². The van der Waals surface area contributed by atoms with Gasteiger partial charge in [0.2, 0.25) is 0 Å². The summed E-state index contributed by atoms with van der Waals surface area (Å²) in [5.74, 6) is 0.244. The van der Waals surface area contributed by atoms with Gasteiger partial charge in [-0.25, -0.2) is 4.79 Å². The van der Waals surface area contributed by atoms with Gasteiger partial charge in [0.15, 0.2) is 0 Å². The van der Waals surface area contributed by atoms with Gasteiger partial charge in [-0.1, -0.05) is 6.07 Å². The third-order valence-electron chi connectivity index (χ3n) is 5.91. The average Bonchev–Trinajstić information content (AvgIpc) is 2.90. The summed E-state index contributed by atoms with van der Waals surface area (Å²) in [7, 11) is 0. The van der Waals surface area contributed by atoms with Crippen LogP contribution in [0.15, 0.2) is 30.6 Å². The van der Waals surface area contributed by atoms with Crippen LogP contribution in [0.4, 0.5) is 10.5 Å². The molecule has 8 heteroatoms. The Morgan fingerprint density at radius 3 is 2.69 bits per heavy atom. The number of amides is 1. The number of aromatic nitrogens is 2. The Hall–Kier alpha value is -3.03. The quantitative estimate of drug-likeness (QED) is 0.582. The van der Waals surface area contributed by atoms with Gasteiger partial charge in [0, 0.05) is 31.3 Å². The third kappa shape index (κ3) is 3.79. The number of carbonyl (C=O) groups is 1. The highest BCUT2D eigenvalue weighted by atomic mass is 16.6. The van der Waals surface area contributed by atoms with Crippen molar-refractivity contribution in [3.05, 3.63) is 63.2 Å². The summed E-state index contributed by atoms with van der Waals surface area (Å²) in [4.78, 5) is 33.9. The first kappa shape index (κ1) is 19.3. The van der Waals surface area contributed by atoms with Gasteiger partial charge in [-0.05, 0) is 55.7 Å². The summed E-state index contributed by atoms with van der Waals surface area (Å²) in [5.41, 5.74) is 4.03. The first-order valence-corrected chi connectivity index (χ1v) is 10.1. The van der Waals surface area contributed by atoms with E-state index in [-0.39, 0.29) is 23.6 Å². The van der Waals surface area contributed by atoms with E-state index in [2.05, 4.69) is 11.1 Å². The summed E-state index contributed by atoms with van der Waals surface area (Å²) in [6.45, 7) is 3.43. The smallest absolute Gasteiger partial charge is 0.409 e. The largest absolute Gasteiger partial charge is 0.450 e. The molecule has 0 bridgehead atoms. The maximum atomic E-state index is 12.0. The molecule has 1 saturated heterocycles. The number of ether oxygens (including phenoxy) is 1. The lowest BCUT2D eigenvalue weighted by Crippen LogP contribution is -2.40. The molecule has 1 atom stereocenters. The first-order valence-electron chi connectivity index (χ1n) is 10.1. The van der Waals surface area contributed by atoms with Crippen molar-refractivity contribution in [1.82, 2.24) is 14.9 Å². The Bertz CT molecular complexity index is 925. The molecule has 2 aliphatic rings. The highest BCUT2D eigenvalue weighted by Crippen LogP contribution is 2.41. The number of rotatable bonds is 3. The number of hydrogen-bond donors (Lipinski definition) is 0. The minimum atomic E-state index is -0.392. The molecule has 1 amide bonds. The molecule has 1 aliphatic carbocycles. The van der Waals surface area contributed by atoms with Gasteiger partial charge in [-0.15, -0.1) is 0 Å². The zero-order chi connectivity index (χ0) is 20.4. The van der Waals surface area contributed by atoms with E-state index >= 15 is 0 Å². The zero-order valence-electron chi connectivity index (χ0n) is 16.4. The average molecular weight is 396 g/mol. The molecule has 3 heterocycles. The summed E-state index contributed by atoms with van der Waals surface area (Å²) >= 11 is 0. The summed E-state index contributed by atoms with van der Waals surface area (Å²) < 4.78 is 5.13. The van der Waals surface area contributed by atoms with Gasteiger partial charge < -0.3 is 9.64 Å². The van der Waals surface area contributed by atoms with Gasteiger partial charge in [0.05, 0.1) is 22.9 Å². The van der Waals surface area contributed by atoms with Crippen LogP contribution in [0.1, 0.15) is 48.2 Å². The second-order valence-corrected chi connectivity index (χ2v) is 7.54.